The Morgan fingerprint density at radius 1 is 1.12 bits per heavy atom. The van der Waals surface area contributed by atoms with E-state index >= 15 is 0 Å². The summed E-state index contributed by atoms with van der Waals surface area (Å²) in [6.45, 7) is 0. The van der Waals surface area contributed by atoms with Gasteiger partial charge in [0.2, 0.25) is 0 Å². The summed E-state index contributed by atoms with van der Waals surface area (Å²) in [7, 11) is 0. The molecule has 0 atom stereocenters. The summed E-state index contributed by atoms with van der Waals surface area (Å²) in [6, 6.07) is 0. The van der Waals surface area contributed by atoms with Crippen LogP contribution in [0.3, 0.4) is 0 Å². The lowest BCUT2D eigenvalue weighted by Gasteiger charge is -2.02. The average Bonchev–Trinajstić information content (AvgIpc) is 2.31. The SMILES string of the molecule is O=C(O)c1ncncc1Sc1cncnc1. The Morgan fingerprint density at radius 2 is 1.81 bits per heavy atom. The molecule has 16 heavy (non-hydrogen) atoms. The van der Waals surface area contributed by atoms with E-state index in [4.69, 9.17) is 5.11 Å². The summed E-state index contributed by atoms with van der Waals surface area (Å²) < 4.78 is 0. The molecule has 0 radical (unpaired) electrons. The smallest absolute Gasteiger partial charge is 0.355 e. The number of carbonyl (C=O) groups is 1. The van der Waals surface area contributed by atoms with Crippen LogP contribution in [0, 0.1) is 0 Å². The van der Waals surface area contributed by atoms with Crippen LogP contribution < -0.4 is 0 Å². The van der Waals surface area contributed by atoms with Gasteiger partial charge in [0.1, 0.15) is 12.7 Å². The van der Waals surface area contributed by atoms with Crippen LogP contribution in [0.15, 0.2) is 41.0 Å². The second kappa shape index (κ2) is 4.67. The van der Waals surface area contributed by atoms with Gasteiger partial charge in [-0.15, -0.1) is 0 Å². The molecule has 0 unspecified atom stereocenters. The maximum atomic E-state index is 10.9. The van der Waals surface area contributed by atoms with E-state index in [1.54, 1.807) is 12.4 Å². The van der Waals surface area contributed by atoms with Crippen LogP contribution in [0.4, 0.5) is 0 Å². The molecule has 0 saturated heterocycles. The highest BCUT2D eigenvalue weighted by Gasteiger charge is 2.12. The van der Waals surface area contributed by atoms with Crippen molar-refractivity contribution in [2.24, 2.45) is 0 Å². The van der Waals surface area contributed by atoms with Crippen LogP contribution in [0.5, 0.6) is 0 Å². The Hall–Kier alpha value is -2.02. The third-order valence-corrected chi connectivity index (χ3v) is 2.61. The minimum Gasteiger partial charge on any atom is -0.476 e. The Bertz CT molecular complexity index is 506. The third-order valence-electron chi connectivity index (χ3n) is 1.65. The largest absolute Gasteiger partial charge is 0.476 e. The second-order valence-electron chi connectivity index (χ2n) is 2.72. The number of aromatic carboxylic acids is 1. The molecule has 6 nitrogen and oxygen atoms in total. The fraction of sp³-hybridized carbons (Fsp3) is 0. The molecule has 0 amide bonds. The average molecular weight is 234 g/mol. The summed E-state index contributed by atoms with van der Waals surface area (Å²) in [4.78, 5) is 27.2. The number of carboxylic acids is 1. The van der Waals surface area contributed by atoms with Gasteiger partial charge in [-0.25, -0.2) is 24.7 Å². The van der Waals surface area contributed by atoms with Gasteiger partial charge in [0, 0.05) is 23.5 Å². The van der Waals surface area contributed by atoms with Crippen LogP contribution in [-0.4, -0.2) is 31.0 Å². The lowest BCUT2D eigenvalue weighted by atomic mass is 10.4. The van der Waals surface area contributed by atoms with E-state index in [0.29, 0.717) is 4.90 Å². The van der Waals surface area contributed by atoms with E-state index in [2.05, 4.69) is 19.9 Å². The minimum atomic E-state index is -1.08. The lowest BCUT2D eigenvalue weighted by molar-refractivity contribution is 0.0686. The fourth-order valence-electron chi connectivity index (χ4n) is 1.02. The van der Waals surface area contributed by atoms with Crippen molar-refractivity contribution in [3.05, 3.63) is 36.9 Å². The van der Waals surface area contributed by atoms with E-state index in [1.807, 2.05) is 0 Å². The van der Waals surface area contributed by atoms with Gasteiger partial charge >= 0.3 is 5.97 Å². The van der Waals surface area contributed by atoms with Gasteiger partial charge in [0.15, 0.2) is 5.69 Å². The zero-order chi connectivity index (χ0) is 11.4. The molecule has 0 spiro atoms. The molecule has 2 heterocycles. The number of aromatic nitrogens is 4. The van der Waals surface area contributed by atoms with Crippen molar-refractivity contribution < 1.29 is 9.90 Å². The van der Waals surface area contributed by atoms with Crippen LogP contribution in [-0.2, 0) is 0 Å². The quantitative estimate of drug-likeness (QED) is 0.850. The second-order valence-corrected chi connectivity index (χ2v) is 3.83. The summed E-state index contributed by atoms with van der Waals surface area (Å²) >= 11 is 1.21. The highest BCUT2D eigenvalue weighted by Crippen LogP contribution is 2.27. The molecule has 1 N–H and O–H groups in total. The van der Waals surface area contributed by atoms with E-state index < -0.39 is 5.97 Å². The van der Waals surface area contributed by atoms with Crippen molar-refractivity contribution >= 4 is 17.7 Å². The van der Waals surface area contributed by atoms with E-state index in [0.717, 1.165) is 4.90 Å². The molecular formula is C9H6N4O2S. The lowest BCUT2D eigenvalue weighted by Crippen LogP contribution is -2.02. The normalized spacial score (nSPS) is 10.0. The monoisotopic (exact) mass is 234 g/mol. The first-order chi connectivity index (χ1) is 7.77. The molecule has 0 aliphatic rings. The highest BCUT2D eigenvalue weighted by molar-refractivity contribution is 7.99. The van der Waals surface area contributed by atoms with Crippen molar-refractivity contribution in [2.75, 3.05) is 0 Å². The highest BCUT2D eigenvalue weighted by atomic mass is 32.2. The first-order valence-corrected chi connectivity index (χ1v) is 5.05. The van der Waals surface area contributed by atoms with Crippen LogP contribution in [0.25, 0.3) is 0 Å². The minimum absolute atomic E-state index is 0.0242. The summed E-state index contributed by atoms with van der Waals surface area (Å²) in [5.74, 6) is -1.08. The number of carboxylic acid groups (broad SMARTS) is 1. The summed E-state index contributed by atoms with van der Waals surface area (Å²) in [5.41, 5.74) is -0.0242. The molecule has 80 valence electrons. The van der Waals surface area contributed by atoms with Gasteiger partial charge in [-0.1, -0.05) is 11.8 Å². The van der Waals surface area contributed by atoms with Gasteiger partial charge in [-0.05, 0) is 0 Å². The van der Waals surface area contributed by atoms with Crippen molar-refractivity contribution in [1.29, 1.82) is 0 Å². The number of hydrogen-bond acceptors (Lipinski definition) is 6. The number of rotatable bonds is 3. The molecule has 0 aromatic carbocycles. The zero-order valence-corrected chi connectivity index (χ0v) is 8.76. The standard InChI is InChI=1S/C9H6N4O2S/c14-9(15)8-7(3-12-5-13-8)16-6-1-10-4-11-2-6/h1-5H,(H,14,15). The van der Waals surface area contributed by atoms with Crippen LogP contribution in [0.1, 0.15) is 10.5 Å². The molecule has 2 rings (SSSR count). The maximum Gasteiger partial charge on any atom is 0.355 e. The molecule has 7 heteroatoms. The Balaban J connectivity index is 2.31. The van der Waals surface area contributed by atoms with Gasteiger partial charge < -0.3 is 5.11 Å². The summed E-state index contributed by atoms with van der Waals surface area (Å²) in [5, 5.41) is 8.91. The van der Waals surface area contributed by atoms with Gasteiger partial charge in [0.05, 0.1) is 4.90 Å². The molecule has 0 aliphatic carbocycles. The molecule has 2 aromatic rings. The molecule has 0 saturated carbocycles. The van der Waals surface area contributed by atoms with Gasteiger partial charge in [-0.3, -0.25) is 0 Å². The third kappa shape index (κ3) is 2.31. The first-order valence-electron chi connectivity index (χ1n) is 4.23. The van der Waals surface area contributed by atoms with Crippen molar-refractivity contribution in [2.45, 2.75) is 9.79 Å². The summed E-state index contributed by atoms with van der Waals surface area (Å²) in [6.07, 6.45) is 7.25. The molecule has 0 bridgehead atoms. The predicted octanol–water partition coefficient (Wildman–Crippen LogP) is 1.12. The Morgan fingerprint density at radius 3 is 2.50 bits per heavy atom. The molecule has 0 fully saturated rings. The van der Waals surface area contributed by atoms with Crippen molar-refractivity contribution in [3.8, 4) is 0 Å². The molecular weight excluding hydrogens is 228 g/mol. The van der Waals surface area contributed by atoms with Crippen LogP contribution >= 0.6 is 11.8 Å². The zero-order valence-electron chi connectivity index (χ0n) is 7.94. The predicted molar refractivity (Wildman–Crippen MR) is 55.1 cm³/mol. The number of nitrogens with zero attached hydrogens (tertiary/aromatic N) is 4. The topological polar surface area (TPSA) is 88.9 Å². The first kappa shape index (κ1) is 10.5. The Labute approximate surface area is 94.8 Å². The fourth-order valence-corrected chi connectivity index (χ4v) is 1.85. The van der Waals surface area contributed by atoms with Gasteiger partial charge in [0.25, 0.3) is 0 Å². The Kier molecular flexibility index (Phi) is 3.06. The van der Waals surface area contributed by atoms with E-state index in [-0.39, 0.29) is 5.69 Å². The van der Waals surface area contributed by atoms with Crippen LogP contribution in [0.2, 0.25) is 0 Å². The maximum absolute atomic E-state index is 10.9. The van der Waals surface area contributed by atoms with Crippen molar-refractivity contribution in [3.63, 3.8) is 0 Å². The molecule has 0 aliphatic heterocycles. The number of hydrogen-bond donors (Lipinski definition) is 1. The van der Waals surface area contributed by atoms with E-state index in [9.17, 15) is 4.79 Å². The molecule has 2 aromatic heterocycles. The van der Waals surface area contributed by atoms with Crippen molar-refractivity contribution in [1.82, 2.24) is 19.9 Å². The van der Waals surface area contributed by atoms with E-state index in [1.165, 1.54) is 30.6 Å². The van der Waals surface area contributed by atoms with Gasteiger partial charge in [-0.2, -0.15) is 0 Å².